The van der Waals surface area contributed by atoms with Crippen molar-refractivity contribution in [3.8, 4) is 0 Å². The van der Waals surface area contributed by atoms with Gasteiger partial charge in [0, 0.05) is 12.7 Å². The Hall–Kier alpha value is -1.23. The zero-order valence-electron chi connectivity index (χ0n) is 17.0. The van der Waals surface area contributed by atoms with Crippen molar-refractivity contribution in [3.05, 3.63) is 60.7 Å². The Morgan fingerprint density at radius 2 is 1.74 bits per heavy atom. The minimum atomic E-state index is -2.42. The fraction of sp³-hybridized carbons (Fsp3) is 0.429. The smallest absolute Gasteiger partial charge is 0.252 e. The van der Waals surface area contributed by atoms with Gasteiger partial charge in [0.25, 0.3) is 8.32 Å². The van der Waals surface area contributed by atoms with Crippen LogP contribution >= 0.6 is 8.03 Å². The van der Waals surface area contributed by atoms with E-state index in [1.807, 2.05) is 43.3 Å². The third-order valence-corrected chi connectivity index (χ3v) is 10.2. The topological polar surface area (TPSA) is 44.8 Å². The summed E-state index contributed by atoms with van der Waals surface area (Å²) >= 11 is 0. The molecule has 0 N–H and O–H groups in total. The monoisotopic (exact) mass is 406 g/mol. The first-order chi connectivity index (χ1) is 13.5. The molecule has 27 heavy (non-hydrogen) atoms. The Balaban J connectivity index is 1.77. The van der Waals surface area contributed by atoms with Crippen molar-refractivity contribution in [2.75, 3.05) is 26.0 Å². The van der Waals surface area contributed by atoms with Gasteiger partial charge in [-0.2, -0.15) is 0 Å². The molecule has 6 heteroatoms. The lowest BCUT2D eigenvalue weighted by Gasteiger charge is -2.31. The molecule has 2 unspecified atom stereocenters. The van der Waals surface area contributed by atoms with E-state index in [9.17, 15) is 4.57 Å². The number of ether oxygens (including phenoxy) is 1. The molecule has 4 nitrogen and oxygen atoms in total. The van der Waals surface area contributed by atoms with Crippen molar-refractivity contribution in [1.82, 2.24) is 0 Å². The van der Waals surface area contributed by atoms with E-state index in [4.69, 9.17) is 15.1 Å². The van der Waals surface area contributed by atoms with Crippen molar-refractivity contribution in [3.63, 3.8) is 0 Å². The molecule has 0 spiro atoms. The molecule has 2 aromatic carbocycles. The molecule has 0 aliphatic carbocycles. The van der Waals surface area contributed by atoms with Gasteiger partial charge >= 0.3 is 0 Å². The van der Waals surface area contributed by atoms with Crippen molar-refractivity contribution < 1.29 is 19.6 Å². The van der Waals surface area contributed by atoms with Gasteiger partial charge in [0.15, 0.2) is 8.03 Å². The molecule has 0 saturated carbocycles. The lowest BCUT2D eigenvalue weighted by atomic mass is 10.1. The minimum Gasteiger partial charge on any atom is -0.406 e. The molecule has 146 valence electrons. The standard InChI is InChI=1S/C21H29O4PSi/c1-3-24-26(22)17-18-14-15-23-21(18)16-25-27(2,19-10-6-4-7-11-19)20-12-8-5-9-13-20/h4-13,18,21,26H,3,14-17H2,1-2H3/t18-,21-/m1/s1/i15T/t15?,18-,21-. The van der Waals surface area contributed by atoms with Crippen LogP contribution in [0.2, 0.25) is 6.55 Å². The van der Waals surface area contributed by atoms with Gasteiger partial charge in [0.2, 0.25) is 0 Å². The van der Waals surface area contributed by atoms with Gasteiger partial charge in [-0.1, -0.05) is 60.7 Å². The van der Waals surface area contributed by atoms with Gasteiger partial charge in [-0.3, -0.25) is 4.57 Å². The molecule has 2 aromatic rings. The van der Waals surface area contributed by atoms with Gasteiger partial charge in [0.05, 0.1) is 20.7 Å². The Kier molecular flexibility index (Phi) is 6.94. The highest BCUT2D eigenvalue weighted by Gasteiger charge is 2.37. The first-order valence-electron chi connectivity index (χ1n) is 10.1. The number of hydrogen-bond donors (Lipinski definition) is 0. The predicted molar refractivity (Wildman–Crippen MR) is 113 cm³/mol. The lowest BCUT2D eigenvalue weighted by molar-refractivity contribution is 0.0506. The maximum atomic E-state index is 12.1. The quantitative estimate of drug-likeness (QED) is 0.473. The zero-order chi connectivity index (χ0) is 20.0. The summed E-state index contributed by atoms with van der Waals surface area (Å²) in [7, 11) is -4.51. The first kappa shape index (κ1) is 19.1. The van der Waals surface area contributed by atoms with Crippen LogP contribution < -0.4 is 10.4 Å². The van der Waals surface area contributed by atoms with Gasteiger partial charge in [0.1, 0.15) is 0 Å². The Bertz CT molecular complexity index is 722. The molecule has 0 bridgehead atoms. The zero-order valence-corrected chi connectivity index (χ0v) is 18.0. The molecule has 1 fully saturated rings. The largest absolute Gasteiger partial charge is 0.406 e. The van der Waals surface area contributed by atoms with Crippen LogP contribution in [-0.2, 0) is 18.3 Å². The van der Waals surface area contributed by atoms with Crippen LogP contribution in [0.25, 0.3) is 0 Å². The van der Waals surface area contributed by atoms with E-state index in [-0.39, 0.29) is 12.0 Å². The summed E-state index contributed by atoms with van der Waals surface area (Å²) in [4.78, 5) is 0. The highest BCUT2D eigenvalue weighted by Crippen LogP contribution is 2.33. The summed E-state index contributed by atoms with van der Waals surface area (Å²) in [5.41, 5.74) is 0. The minimum absolute atomic E-state index is 0.0326. The van der Waals surface area contributed by atoms with Crippen LogP contribution in [0.15, 0.2) is 60.7 Å². The SMILES string of the molecule is [3H]C1C[C@H](C[PH](=O)OCC)[C@@H](CO[Si](C)(c2ccccc2)c2ccccc2)O1. The van der Waals surface area contributed by atoms with E-state index in [1.54, 1.807) is 0 Å². The maximum Gasteiger partial charge on any atom is 0.252 e. The first-order valence-corrected chi connectivity index (χ1v) is 13.4. The van der Waals surface area contributed by atoms with Crippen molar-refractivity contribution in [2.24, 2.45) is 5.92 Å². The fourth-order valence-electron chi connectivity index (χ4n) is 3.48. The van der Waals surface area contributed by atoms with Crippen LogP contribution in [-0.4, -0.2) is 40.4 Å². The second-order valence-corrected chi connectivity index (χ2v) is 11.9. The van der Waals surface area contributed by atoms with Gasteiger partial charge in [-0.05, 0) is 36.2 Å². The number of hydrogen-bond acceptors (Lipinski definition) is 4. The molecule has 0 amide bonds. The summed E-state index contributed by atoms with van der Waals surface area (Å²) in [6, 6.07) is 20.6. The molecule has 0 radical (unpaired) electrons. The third kappa shape index (κ3) is 5.18. The number of benzene rings is 2. The summed E-state index contributed by atoms with van der Waals surface area (Å²) in [6.07, 6.45) is 0.805. The summed E-state index contributed by atoms with van der Waals surface area (Å²) in [6.45, 7) is 4.30. The average molecular weight is 407 g/mol. The summed E-state index contributed by atoms with van der Waals surface area (Å²) < 4.78 is 37.8. The van der Waals surface area contributed by atoms with Crippen molar-refractivity contribution in [2.45, 2.75) is 26.0 Å². The lowest BCUT2D eigenvalue weighted by Crippen LogP contribution is -2.59. The Morgan fingerprint density at radius 3 is 2.30 bits per heavy atom. The second-order valence-electron chi connectivity index (χ2n) is 6.92. The number of rotatable bonds is 9. The predicted octanol–water partition coefficient (Wildman–Crippen LogP) is 3.31. The van der Waals surface area contributed by atoms with E-state index in [1.165, 1.54) is 10.4 Å². The summed E-state index contributed by atoms with van der Waals surface area (Å²) in [5, 5.41) is 2.39. The molecule has 3 rings (SSSR count). The van der Waals surface area contributed by atoms with Crippen LogP contribution in [0.1, 0.15) is 14.7 Å². The van der Waals surface area contributed by atoms with Gasteiger partial charge in [-0.15, -0.1) is 0 Å². The van der Waals surface area contributed by atoms with Crippen LogP contribution in [0.3, 0.4) is 0 Å². The highest BCUT2D eigenvalue weighted by molar-refractivity contribution is 7.39. The Morgan fingerprint density at radius 1 is 1.15 bits per heavy atom. The van der Waals surface area contributed by atoms with Crippen LogP contribution in [0, 0.1) is 5.92 Å². The molecular formula is C21H29O4PSi. The maximum absolute atomic E-state index is 12.1. The molecule has 1 heterocycles. The van der Waals surface area contributed by atoms with Crippen LogP contribution in [0.5, 0.6) is 0 Å². The molecule has 1 saturated heterocycles. The molecule has 1 aliphatic rings. The Labute approximate surface area is 165 Å². The second kappa shape index (κ2) is 9.81. The average Bonchev–Trinajstić information content (AvgIpc) is 3.06. The van der Waals surface area contributed by atoms with Crippen LogP contribution in [0.4, 0.5) is 0 Å². The third-order valence-electron chi connectivity index (χ3n) is 5.12. The van der Waals surface area contributed by atoms with E-state index < -0.39 is 22.9 Å². The summed E-state index contributed by atoms with van der Waals surface area (Å²) in [5.74, 6) is 0.0326. The molecular weight excluding hydrogens is 375 g/mol. The van der Waals surface area contributed by atoms with E-state index >= 15 is 0 Å². The normalized spacial score (nSPS) is 24.5. The highest BCUT2D eigenvalue weighted by atomic mass is 31.1. The van der Waals surface area contributed by atoms with E-state index in [0.717, 1.165) is 0 Å². The molecule has 1 aliphatic heterocycles. The van der Waals surface area contributed by atoms with E-state index in [0.29, 0.717) is 25.8 Å². The fourth-order valence-corrected chi connectivity index (χ4v) is 7.60. The molecule has 4 atom stereocenters. The van der Waals surface area contributed by atoms with Crippen molar-refractivity contribution in [1.29, 1.82) is 0 Å². The van der Waals surface area contributed by atoms with Crippen molar-refractivity contribution >= 4 is 26.7 Å². The van der Waals surface area contributed by atoms with Gasteiger partial charge in [-0.25, -0.2) is 0 Å². The molecule has 0 aromatic heterocycles. The van der Waals surface area contributed by atoms with E-state index in [2.05, 4.69) is 30.8 Å². The van der Waals surface area contributed by atoms with Gasteiger partial charge < -0.3 is 13.7 Å².